The minimum Gasteiger partial charge on any atom is -0.330 e. The second-order valence-corrected chi connectivity index (χ2v) is 5.58. The predicted octanol–water partition coefficient (Wildman–Crippen LogP) is 1.93. The van der Waals surface area contributed by atoms with Gasteiger partial charge < -0.3 is 11.1 Å². The van der Waals surface area contributed by atoms with E-state index in [-0.39, 0.29) is 23.7 Å². The van der Waals surface area contributed by atoms with Crippen LogP contribution in [0.4, 0.5) is 5.13 Å². The third kappa shape index (κ3) is 5.43. The number of anilines is 1. The van der Waals surface area contributed by atoms with E-state index in [2.05, 4.69) is 36.3 Å². The van der Waals surface area contributed by atoms with Gasteiger partial charge in [-0.25, -0.2) is 0 Å². The Hall–Kier alpha value is -0.720. The Labute approximate surface area is 112 Å². The zero-order chi connectivity index (χ0) is 12.2. The minimum absolute atomic E-state index is 0. The van der Waals surface area contributed by atoms with Gasteiger partial charge in [0.1, 0.15) is 5.01 Å². The number of halogens is 1. The highest BCUT2D eigenvalue weighted by molar-refractivity contribution is 7.15. The highest BCUT2D eigenvalue weighted by atomic mass is 35.5. The Balaban J connectivity index is 0.00000256. The molecule has 7 heteroatoms. The van der Waals surface area contributed by atoms with Crippen molar-refractivity contribution in [3.05, 3.63) is 5.01 Å². The molecule has 0 aliphatic heterocycles. The number of aromatic nitrogens is 2. The van der Waals surface area contributed by atoms with Gasteiger partial charge in [0, 0.05) is 11.8 Å². The smallest absolute Gasteiger partial charge is 0.226 e. The molecule has 0 radical (unpaired) electrons. The third-order valence-electron chi connectivity index (χ3n) is 1.92. The topological polar surface area (TPSA) is 80.9 Å². The van der Waals surface area contributed by atoms with Gasteiger partial charge in [-0.2, -0.15) is 0 Å². The lowest BCUT2D eigenvalue weighted by Gasteiger charge is -2.12. The molecule has 98 valence electrons. The molecule has 0 fully saturated rings. The molecule has 1 amide bonds. The van der Waals surface area contributed by atoms with Crippen LogP contribution >= 0.6 is 23.7 Å². The van der Waals surface area contributed by atoms with E-state index in [1.54, 1.807) is 0 Å². The fraction of sp³-hybridized carbons (Fsp3) is 0.700. The number of carbonyl (C=O) groups excluding carboxylic acids is 1. The van der Waals surface area contributed by atoms with Gasteiger partial charge >= 0.3 is 0 Å². The van der Waals surface area contributed by atoms with Crippen molar-refractivity contribution in [3.8, 4) is 0 Å². The number of rotatable bonds is 4. The lowest BCUT2D eigenvalue weighted by atomic mass is 9.98. The van der Waals surface area contributed by atoms with Gasteiger partial charge in [-0.15, -0.1) is 22.6 Å². The van der Waals surface area contributed by atoms with Crippen molar-refractivity contribution >= 4 is 34.8 Å². The molecule has 1 heterocycles. The van der Waals surface area contributed by atoms with Gasteiger partial charge in [-0.3, -0.25) is 4.79 Å². The highest BCUT2D eigenvalue weighted by Gasteiger charge is 2.19. The lowest BCUT2D eigenvalue weighted by Crippen LogP contribution is -2.13. The minimum atomic E-state index is -0.0536. The van der Waals surface area contributed by atoms with Crippen LogP contribution in [0.3, 0.4) is 0 Å². The van der Waals surface area contributed by atoms with E-state index in [4.69, 9.17) is 5.73 Å². The molecule has 1 aromatic rings. The van der Waals surface area contributed by atoms with Crippen LogP contribution in [0.2, 0.25) is 0 Å². The Bertz CT molecular complexity index is 361. The van der Waals surface area contributed by atoms with Crippen molar-refractivity contribution in [2.45, 2.75) is 39.0 Å². The lowest BCUT2D eigenvalue weighted by molar-refractivity contribution is -0.116. The number of carbonyl (C=O) groups is 1. The van der Waals surface area contributed by atoms with Crippen LogP contribution in [-0.2, 0) is 10.2 Å². The molecule has 0 aliphatic rings. The fourth-order valence-electron chi connectivity index (χ4n) is 1.02. The highest BCUT2D eigenvalue weighted by Crippen LogP contribution is 2.27. The van der Waals surface area contributed by atoms with Gasteiger partial charge in [0.2, 0.25) is 11.0 Å². The summed E-state index contributed by atoms with van der Waals surface area (Å²) in [5, 5.41) is 12.2. The third-order valence-corrected chi connectivity index (χ3v) is 3.19. The van der Waals surface area contributed by atoms with Gasteiger partial charge in [0.05, 0.1) is 0 Å². The zero-order valence-electron chi connectivity index (χ0n) is 10.3. The summed E-state index contributed by atoms with van der Waals surface area (Å²) < 4.78 is 0. The first-order valence-electron chi connectivity index (χ1n) is 5.27. The van der Waals surface area contributed by atoms with Crippen LogP contribution in [0.15, 0.2) is 0 Å². The zero-order valence-corrected chi connectivity index (χ0v) is 12.0. The second-order valence-electron chi connectivity index (χ2n) is 4.60. The summed E-state index contributed by atoms with van der Waals surface area (Å²) in [6, 6.07) is 0. The number of amides is 1. The van der Waals surface area contributed by atoms with Crippen LogP contribution in [0.1, 0.15) is 38.6 Å². The van der Waals surface area contributed by atoms with E-state index in [1.807, 2.05) is 0 Å². The molecule has 0 saturated carbocycles. The van der Waals surface area contributed by atoms with Crippen LogP contribution in [0.25, 0.3) is 0 Å². The largest absolute Gasteiger partial charge is 0.330 e. The van der Waals surface area contributed by atoms with E-state index in [0.717, 1.165) is 5.01 Å². The molecule has 3 N–H and O–H groups in total. The predicted molar refractivity (Wildman–Crippen MR) is 72.8 cm³/mol. The van der Waals surface area contributed by atoms with Gasteiger partial charge in [-0.05, 0) is 13.0 Å². The maximum Gasteiger partial charge on any atom is 0.226 e. The summed E-state index contributed by atoms with van der Waals surface area (Å²) in [6.07, 6.45) is 1.12. The average molecular weight is 279 g/mol. The van der Waals surface area contributed by atoms with Crippen molar-refractivity contribution in [1.29, 1.82) is 0 Å². The van der Waals surface area contributed by atoms with E-state index in [1.165, 1.54) is 11.3 Å². The number of hydrogen-bond acceptors (Lipinski definition) is 5. The first-order valence-corrected chi connectivity index (χ1v) is 6.09. The number of nitrogens with two attached hydrogens (primary N) is 1. The van der Waals surface area contributed by atoms with E-state index < -0.39 is 0 Å². The molecule has 1 rings (SSSR count). The fourth-order valence-corrected chi connectivity index (χ4v) is 1.84. The van der Waals surface area contributed by atoms with Gasteiger partial charge in [-0.1, -0.05) is 32.1 Å². The van der Waals surface area contributed by atoms with Crippen molar-refractivity contribution in [2.75, 3.05) is 11.9 Å². The van der Waals surface area contributed by atoms with Crippen molar-refractivity contribution in [3.63, 3.8) is 0 Å². The van der Waals surface area contributed by atoms with Crippen molar-refractivity contribution in [2.24, 2.45) is 5.73 Å². The summed E-state index contributed by atoms with van der Waals surface area (Å²) in [6.45, 7) is 6.71. The molecule has 5 nitrogen and oxygen atoms in total. The number of hydrogen-bond donors (Lipinski definition) is 2. The van der Waals surface area contributed by atoms with E-state index >= 15 is 0 Å². The first kappa shape index (κ1) is 16.3. The monoisotopic (exact) mass is 278 g/mol. The molecule has 0 saturated heterocycles. The maximum absolute atomic E-state index is 11.4. The van der Waals surface area contributed by atoms with Crippen LogP contribution in [0, 0.1) is 0 Å². The standard InChI is InChI=1S/C10H18N4OS.ClH/c1-10(2,3)8-13-14-9(16-8)12-7(15)5-4-6-11;/h4-6,11H2,1-3H3,(H,12,14,15);1H. The first-order chi connectivity index (χ1) is 7.43. The quantitative estimate of drug-likeness (QED) is 0.882. The Kier molecular flexibility index (Phi) is 6.59. The molecule has 0 unspecified atom stereocenters. The second kappa shape index (κ2) is 6.88. The van der Waals surface area contributed by atoms with Crippen LogP contribution in [0.5, 0.6) is 0 Å². The Morgan fingerprint density at radius 1 is 1.41 bits per heavy atom. The molecule has 17 heavy (non-hydrogen) atoms. The Morgan fingerprint density at radius 2 is 2.06 bits per heavy atom. The normalized spacial score (nSPS) is 10.8. The summed E-state index contributed by atoms with van der Waals surface area (Å²) >= 11 is 1.42. The van der Waals surface area contributed by atoms with E-state index in [9.17, 15) is 4.79 Å². The van der Waals surface area contributed by atoms with Crippen LogP contribution < -0.4 is 11.1 Å². The molecular weight excluding hydrogens is 260 g/mol. The molecule has 0 spiro atoms. The summed E-state index contributed by atoms with van der Waals surface area (Å²) in [5.74, 6) is -0.0536. The molecule has 0 bridgehead atoms. The number of nitrogens with one attached hydrogen (secondary N) is 1. The molecule has 0 aromatic carbocycles. The number of nitrogens with zero attached hydrogens (tertiary/aromatic N) is 2. The Morgan fingerprint density at radius 3 is 2.53 bits per heavy atom. The van der Waals surface area contributed by atoms with Gasteiger partial charge in [0.25, 0.3) is 0 Å². The molecule has 0 atom stereocenters. The summed E-state index contributed by atoms with van der Waals surface area (Å²) in [7, 11) is 0. The molecular formula is C10H19ClN4OS. The summed E-state index contributed by atoms with van der Waals surface area (Å²) in [4.78, 5) is 11.4. The molecule has 0 aliphatic carbocycles. The maximum atomic E-state index is 11.4. The average Bonchev–Trinajstić information content (AvgIpc) is 2.62. The van der Waals surface area contributed by atoms with E-state index in [0.29, 0.717) is 24.5 Å². The van der Waals surface area contributed by atoms with Gasteiger partial charge in [0.15, 0.2) is 0 Å². The molecule has 1 aromatic heterocycles. The van der Waals surface area contributed by atoms with Crippen molar-refractivity contribution < 1.29 is 4.79 Å². The van der Waals surface area contributed by atoms with Crippen LogP contribution in [-0.4, -0.2) is 22.6 Å². The SMILES string of the molecule is CC(C)(C)c1nnc(NC(=O)CCCN)s1.Cl. The van der Waals surface area contributed by atoms with Crippen molar-refractivity contribution in [1.82, 2.24) is 10.2 Å². The summed E-state index contributed by atoms with van der Waals surface area (Å²) in [5.41, 5.74) is 5.30.